The Balaban J connectivity index is 4.40. The lowest BCUT2D eigenvalue weighted by molar-refractivity contribution is -0.122. The van der Waals surface area contributed by atoms with Crippen molar-refractivity contribution in [3.8, 4) is 0 Å². The van der Waals surface area contributed by atoms with Gasteiger partial charge in [-0.1, -0.05) is 232 Å². The largest absolute Gasteiger partial charge is 0.359 e. The third-order valence-corrected chi connectivity index (χ3v) is 12.5. The molecule has 0 spiro atoms. The lowest BCUT2D eigenvalue weighted by atomic mass is 9.88. The average Bonchev–Trinajstić information content (AvgIpc) is 3.20. The van der Waals surface area contributed by atoms with Crippen LogP contribution in [0, 0.1) is 11.8 Å². The van der Waals surface area contributed by atoms with Crippen molar-refractivity contribution >= 4 is 17.7 Å². The molecule has 0 rings (SSSR count). The van der Waals surface area contributed by atoms with Gasteiger partial charge in [-0.05, 0) is 37.5 Å². The van der Waals surface area contributed by atoms with E-state index in [0.29, 0.717) is 25.9 Å². The normalized spacial score (nSPS) is 12.4. The molecule has 2 atom stereocenters. The molecule has 0 aromatic carbocycles. The van der Waals surface area contributed by atoms with Crippen LogP contribution >= 0.6 is 0 Å². The Hall–Kier alpha value is -1.59. The molecule has 0 saturated heterocycles. The van der Waals surface area contributed by atoms with E-state index in [4.69, 9.17) is 0 Å². The van der Waals surface area contributed by atoms with E-state index in [9.17, 15) is 14.4 Å². The van der Waals surface area contributed by atoms with Crippen LogP contribution in [0.5, 0.6) is 0 Å². The molecular formula is C51H101N3O3. The molecule has 0 aromatic heterocycles. The van der Waals surface area contributed by atoms with E-state index in [2.05, 4.69) is 29.8 Å². The summed E-state index contributed by atoms with van der Waals surface area (Å²) in [6.45, 7) is 7.10. The lowest BCUT2D eigenvalue weighted by Gasteiger charge is -2.18. The van der Waals surface area contributed by atoms with Crippen molar-refractivity contribution in [3.05, 3.63) is 0 Å². The summed E-state index contributed by atoms with van der Waals surface area (Å²) in [4.78, 5) is 35.4. The van der Waals surface area contributed by atoms with Gasteiger partial charge in [-0.2, -0.15) is 0 Å². The first kappa shape index (κ1) is 55.4. The minimum atomic E-state index is -0.0534. The second-order valence-electron chi connectivity index (χ2n) is 18.1. The molecule has 0 saturated carbocycles. The fourth-order valence-electron chi connectivity index (χ4n) is 8.74. The Morgan fingerprint density at radius 1 is 0.351 bits per heavy atom. The fourth-order valence-corrected chi connectivity index (χ4v) is 8.74. The maximum atomic E-state index is 12.4. The quantitative estimate of drug-likeness (QED) is 0.0536. The van der Waals surface area contributed by atoms with E-state index in [0.717, 1.165) is 31.1 Å². The van der Waals surface area contributed by atoms with Gasteiger partial charge in [-0.25, -0.2) is 0 Å². The minimum absolute atomic E-state index is 0.0534. The van der Waals surface area contributed by atoms with Crippen molar-refractivity contribution in [1.82, 2.24) is 16.0 Å². The molecule has 3 N–H and O–H groups in total. The maximum absolute atomic E-state index is 12.4. The molecule has 0 fully saturated rings. The molecule has 0 aliphatic carbocycles. The summed E-state index contributed by atoms with van der Waals surface area (Å²) < 4.78 is 0. The van der Waals surface area contributed by atoms with E-state index in [1.54, 1.807) is 7.05 Å². The van der Waals surface area contributed by atoms with Crippen LogP contribution < -0.4 is 16.0 Å². The van der Waals surface area contributed by atoms with Crippen LogP contribution in [-0.4, -0.2) is 37.9 Å². The average molecular weight is 804 g/mol. The van der Waals surface area contributed by atoms with E-state index >= 15 is 0 Å². The summed E-state index contributed by atoms with van der Waals surface area (Å²) in [7, 11) is 1.76. The molecular weight excluding hydrogens is 703 g/mol. The molecule has 0 heterocycles. The van der Waals surface area contributed by atoms with Crippen LogP contribution in [0.15, 0.2) is 0 Å². The summed E-state index contributed by atoms with van der Waals surface area (Å²) in [5, 5.41) is 8.52. The highest BCUT2D eigenvalue weighted by Gasteiger charge is 2.13. The van der Waals surface area contributed by atoms with Crippen molar-refractivity contribution in [2.24, 2.45) is 11.8 Å². The van der Waals surface area contributed by atoms with Crippen molar-refractivity contribution in [2.75, 3.05) is 20.1 Å². The zero-order chi connectivity index (χ0) is 41.7. The van der Waals surface area contributed by atoms with Gasteiger partial charge in [-0.15, -0.1) is 0 Å². The lowest BCUT2D eigenvalue weighted by Crippen LogP contribution is -2.33. The molecule has 0 radical (unpaired) electrons. The highest BCUT2D eigenvalue weighted by atomic mass is 16.2. The molecule has 338 valence electrons. The zero-order valence-corrected chi connectivity index (χ0v) is 39.1. The summed E-state index contributed by atoms with van der Waals surface area (Å²) in [5.41, 5.74) is 0. The summed E-state index contributed by atoms with van der Waals surface area (Å²) in [5.74, 6) is 1.75. The summed E-state index contributed by atoms with van der Waals surface area (Å²) in [6, 6.07) is 0. The van der Waals surface area contributed by atoms with Gasteiger partial charge in [-0.3, -0.25) is 14.4 Å². The van der Waals surface area contributed by atoms with E-state index in [1.165, 1.54) is 232 Å². The third-order valence-electron chi connectivity index (χ3n) is 12.5. The molecule has 0 aromatic rings. The van der Waals surface area contributed by atoms with Crippen molar-refractivity contribution in [3.63, 3.8) is 0 Å². The number of rotatable bonds is 46. The van der Waals surface area contributed by atoms with Gasteiger partial charge in [0.15, 0.2) is 0 Å². The predicted octanol–water partition coefficient (Wildman–Crippen LogP) is 14.9. The Morgan fingerprint density at radius 3 is 0.912 bits per heavy atom. The number of carbonyl (C=O) groups excluding carboxylic acids is 3. The molecule has 2 unspecified atom stereocenters. The molecule has 0 aliphatic rings. The van der Waals surface area contributed by atoms with Crippen LogP contribution in [0.4, 0.5) is 0 Å². The monoisotopic (exact) mass is 804 g/mol. The van der Waals surface area contributed by atoms with E-state index in [-0.39, 0.29) is 17.7 Å². The van der Waals surface area contributed by atoms with E-state index in [1.807, 2.05) is 0 Å². The Kier molecular flexibility index (Phi) is 44.2. The highest BCUT2D eigenvalue weighted by molar-refractivity contribution is 5.76. The Bertz CT molecular complexity index is 865. The van der Waals surface area contributed by atoms with Crippen LogP contribution in [0.1, 0.15) is 278 Å². The van der Waals surface area contributed by atoms with Gasteiger partial charge < -0.3 is 16.0 Å². The van der Waals surface area contributed by atoms with Gasteiger partial charge in [0.05, 0.1) is 0 Å². The van der Waals surface area contributed by atoms with Gasteiger partial charge >= 0.3 is 0 Å². The number of nitrogens with one attached hydrogen (secondary N) is 3. The SMILES string of the molecule is CCCCCCCCCCCCCCCCCCC(CCCCCCC(CCCCCCCCCCCC)CCCC(=O)NCCNC(C)=O)CCCC(=O)NC. The van der Waals surface area contributed by atoms with Gasteiger partial charge in [0, 0.05) is 39.9 Å². The number of amides is 3. The number of carbonyl (C=O) groups is 3. The minimum Gasteiger partial charge on any atom is -0.359 e. The van der Waals surface area contributed by atoms with Gasteiger partial charge in [0.2, 0.25) is 17.7 Å². The highest BCUT2D eigenvalue weighted by Crippen LogP contribution is 2.27. The maximum Gasteiger partial charge on any atom is 0.220 e. The summed E-state index contributed by atoms with van der Waals surface area (Å²) >= 11 is 0. The zero-order valence-electron chi connectivity index (χ0n) is 39.1. The van der Waals surface area contributed by atoms with Crippen molar-refractivity contribution < 1.29 is 14.4 Å². The van der Waals surface area contributed by atoms with Gasteiger partial charge in [0.25, 0.3) is 0 Å². The van der Waals surface area contributed by atoms with Crippen LogP contribution in [0.2, 0.25) is 0 Å². The smallest absolute Gasteiger partial charge is 0.220 e. The Labute approximate surface area is 356 Å². The van der Waals surface area contributed by atoms with Crippen LogP contribution in [0.25, 0.3) is 0 Å². The second kappa shape index (κ2) is 45.5. The Morgan fingerprint density at radius 2 is 0.614 bits per heavy atom. The number of unbranched alkanes of at least 4 members (excludes halogenated alkanes) is 27. The van der Waals surface area contributed by atoms with Crippen LogP contribution in [-0.2, 0) is 14.4 Å². The standard InChI is InChI=1S/C51H101N3O3/c1-5-7-9-11-13-15-17-18-19-20-21-22-24-26-28-31-37-48(41-35-43-50(56)52-4)39-33-29-30-34-40-49(38-32-27-25-23-16-14-12-10-8-6-2)42-36-44-51(57)54-46-45-53-47(3)55/h48-49H,5-46H2,1-4H3,(H,52,56)(H,53,55)(H,54,57). The number of hydrogen-bond acceptors (Lipinski definition) is 3. The molecule has 3 amide bonds. The van der Waals surface area contributed by atoms with Crippen molar-refractivity contribution in [1.29, 1.82) is 0 Å². The molecule has 6 heteroatoms. The first-order chi connectivity index (χ1) is 27.9. The molecule has 0 aliphatic heterocycles. The molecule has 6 nitrogen and oxygen atoms in total. The van der Waals surface area contributed by atoms with Crippen LogP contribution in [0.3, 0.4) is 0 Å². The fraction of sp³-hybridized carbons (Fsp3) is 0.941. The molecule has 57 heavy (non-hydrogen) atoms. The second-order valence-corrected chi connectivity index (χ2v) is 18.1. The predicted molar refractivity (Wildman–Crippen MR) is 249 cm³/mol. The van der Waals surface area contributed by atoms with Crippen molar-refractivity contribution in [2.45, 2.75) is 278 Å². The first-order valence-corrected chi connectivity index (χ1v) is 25.6. The topological polar surface area (TPSA) is 87.3 Å². The number of hydrogen-bond donors (Lipinski definition) is 3. The van der Waals surface area contributed by atoms with E-state index < -0.39 is 0 Å². The molecule has 0 bridgehead atoms. The first-order valence-electron chi connectivity index (χ1n) is 25.6. The summed E-state index contributed by atoms with van der Waals surface area (Å²) in [6.07, 6.45) is 52.7. The van der Waals surface area contributed by atoms with Gasteiger partial charge in [0.1, 0.15) is 0 Å². The third kappa shape index (κ3) is 43.8.